The van der Waals surface area contributed by atoms with E-state index in [-0.39, 0.29) is 5.91 Å². The molecule has 94 valence electrons. The van der Waals surface area contributed by atoms with Gasteiger partial charge in [-0.1, -0.05) is 5.16 Å². The Labute approximate surface area is 100 Å². The lowest BCUT2D eigenvalue weighted by Crippen LogP contribution is -2.29. The number of rotatable bonds is 7. The summed E-state index contributed by atoms with van der Waals surface area (Å²) in [6.07, 6.45) is 3.61. The van der Waals surface area contributed by atoms with Crippen LogP contribution in [0, 0.1) is 6.92 Å². The highest BCUT2D eigenvalue weighted by molar-refractivity contribution is 5.76. The van der Waals surface area contributed by atoms with Gasteiger partial charge in [0.25, 0.3) is 0 Å². The Morgan fingerprint density at radius 2 is 2.29 bits per heavy atom. The van der Waals surface area contributed by atoms with Crippen LogP contribution in [0.2, 0.25) is 0 Å². The number of amides is 1. The van der Waals surface area contributed by atoms with Crippen LogP contribution in [0.5, 0.6) is 0 Å². The fourth-order valence-corrected chi connectivity index (χ4v) is 1.52. The number of hydrogen-bond donors (Lipinski definition) is 2. The summed E-state index contributed by atoms with van der Waals surface area (Å²) in [4.78, 5) is 15.5. The van der Waals surface area contributed by atoms with Crippen molar-refractivity contribution >= 4 is 5.91 Å². The normalized spacial score (nSPS) is 14.9. The Kier molecular flexibility index (Phi) is 4.08. The monoisotopic (exact) mass is 238 g/mol. The van der Waals surface area contributed by atoms with Gasteiger partial charge < -0.3 is 15.2 Å². The molecular weight excluding hydrogens is 220 g/mol. The van der Waals surface area contributed by atoms with Gasteiger partial charge in [-0.05, 0) is 19.8 Å². The summed E-state index contributed by atoms with van der Waals surface area (Å²) in [6, 6.07) is 0.657. The Morgan fingerprint density at radius 1 is 1.47 bits per heavy atom. The smallest absolute Gasteiger partial charge is 0.228 e. The molecule has 2 N–H and O–H groups in total. The summed E-state index contributed by atoms with van der Waals surface area (Å²) < 4.78 is 4.94. The second kappa shape index (κ2) is 5.77. The summed E-state index contributed by atoms with van der Waals surface area (Å²) in [5.74, 6) is 1.26. The maximum Gasteiger partial charge on any atom is 0.228 e. The second-order valence-corrected chi connectivity index (χ2v) is 4.31. The van der Waals surface area contributed by atoms with Crippen molar-refractivity contribution in [2.45, 2.75) is 38.6 Å². The molecule has 1 aromatic heterocycles. The van der Waals surface area contributed by atoms with Gasteiger partial charge in [-0.15, -0.1) is 0 Å². The highest BCUT2D eigenvalue weighted by Crippen LogP contribution is 2.18. The van der Waals surface area contributed by atoms with E-state index in [0.717, 1.165) is 6.54 Å². The van der Waals surface area contributed by atoms with E-state index in [1.54, 1.807) is 6.92 Å². The van der Waals surface area contributed by atoms with Crippen molar-refractivity contribution in [3.8, 4) is 0 Å². The molecule has 6 nitrogen and oxygen atoms in total. The minimum atomic E-state index is 0.0642. The average molecular weight is 238 g/mol. The minimum Gasteiger partial charge on any atom is -0.356 e. The van der Waals surface area contributed by atoms with Crippen LogP contribution in [0.3, 0.4) is 0 Å². The third kappa shape index (κ3) is 4.52. The summed E-state index contributed by atoms with van der Waals surface area (Å²) in [5, 5.41) is 9.81. The molecular formula is C11H18N4O2. The topological polar surface area (TPSA) is 80.0 Å². The van der Waals surface area contributed by atoms with E-state index in [0.29, 0.717) is 37.1 Å². The lowest BCUT2D eigenvalue weighted by Gasteiger charge is -2.04. The molecule has 1 fully saturated rings. The number of carbonyl (C=O) groups excluding carboxylic acids is 1. The molecule has 1 aromatic rings. The fourth-order valence-electron chi connectivity index (χ4n) is 1.52. The van der Waals surface area contributed by atoms with E-state index in [9.17, 15) is 4.79 Å². The van der Waals surface area contributed by atoms with Crippen molar-refractivity contribution in [2.24, 2.45) is 0 Å². The Bertz CT molecular complexity index is 373. The number of carbonyl (C=O) groups is 1. The van der Waals surface area contributed by atoms with Crippen LogP contribution in [0.4, 0.5) is 0 Å². The Hall–Kier alpha value is -1.43. The molecule has 1 heterocycles. The van der Waals surface area contributed by atoms with Crippen LogP contribution in [0.15, 0.2) is 4.52 Å². The van der Waals surface area contributed by atoms with Crippen LogP contribution < -0.4 is 10.6 Å². The van der Waals surface area contributed by atoms with E-state index in [1.165, 1.54) is 12.8 Å². The standard InChI is InChI=1S/C11H18N4O2/c1-8-14-11(17-15-8)5-7-13-10(16)4-6-12-9-2-3-9/h9,12H,2-7H2,1H3,(H,13,16). The summed E-state index contributed by atoms with van der Waals surface area (Å²) in [6.45, 7) is 3.08. The van der Waals surface area contributed by atoms with Crippen LogP contribution in [0.25, 0.3) is 0 Å². The van der Waals surface area contributed by atoms with E-state index in [1.807, 2.05) is 0 Å². The molecule has 0 radical (unpaired) electrons. The summed E-state index contributed by atoms with van der Waals surface area (Å²) >= 11 is 0. The number of aromatic nitrogens is 2. The highest BCUT2D eigenvalue weighted by atomic mass is 16.5. The zero-order valence-corrected chi connectivity index (χ0v) is 10.0. The van der Waals surface area contributed by atoms with E-state index < -0.39 is 0 Å². The predicted octanol–water partition coefficient (Wildman–Crippen LogP) is 0.179. The number of hydrogen-bond acceptors (Lipinski definition) is 5. The molecule has 2 rings (SSSR count). The van der Waals surface area contributed by atoms with Gasteiger partial charge in [0.15, 0.2) is 5.82 Å². The molecule has 0 unspecified atom stereocenters. The van der Waals surface area contributed by atoms with Crippen molar-refractivity contribution in [3.05, 3.63) is 11.7 Å². The molecule has 0 bridgehead atoms. The van der Waals surface area contributed by atoms with Crippen LogP contribution >= 0.6 is 0 Å². The molecule has 6 heteroatoms. The second-order valence-electron chi connectivity index (χ2n) is 4.31. The van der Waals surface area contributed by atoms with Crippen LogP contribution in [-0.4, -0.2) is 35.2 Å². The van der Waals surface area contributed by atoms with E-state index in [4.69, 9.17) is 4.52 Å². The van der Waals surface area contributed by atoms with E-state index in [2.05, 4.69) is 20.8 Å². The number of nitrogens with zero attached hydrogens (tertiary/aromatic N) is 2. The third-order valence-corrected chi connectivity index (χ3v) is 2.59. The molecule has 0 aromatic carbocycles. The molecule has 0 spiro atoms. The van der Waals surface area contributed by atoms with Crippen molar-refractivity contribution in [3.63, 3.8) is 0 Å². The SMILES string of the molecule is Cc1noc(CCNC(=O)CCNC2CC2)n1. The van der Waals surface area contributed by atoms with Gasteiger partial charge in [0.2, 0.25) is 11.8 Å². The van der Waals surface area contributed by atoms with Gasteiger partial charge in [-0.25, -0.2) is 0 Å². The third-order valence-electron chi connectivity index (χ3n) is 2.59. The quantitative estimate of drug-likeness (QED) is 0.708. The first kappa shape index (κ1) is 12.0. The van der Waals surface area contributed by atoms with Crippen molar-refractivity contribution in [1.29, 1.82) is 0 Å². The van der Waals surface area contributed by atoms with Gasteiger partial charge in [-0.3, -0.25) is 4.79 Å². The molecule has 1 aliphatic carbocycles. The molecule has 17 heavy (non-hydrogen) atoms. The van der Waals surface area contributed by atoms with Crippen molar-refractivity contribution < 1.29 is 9.32 Å². The zero-order valence-electron chi connectivity index (χ0n) is 10.0. The molecule has 0 atom stereocenters. The first-order valence-electron chi connectivity index (χ1n) is 6.03. The molecule has 1 aliphatic rings. The van der Waals surface area contributed by atoms with E-state index >= 15 is 0 Å². The highest BCUT2D eigenvalue weighted by Gasteiger charge is 2.19. The van der Waals surface area contributed by atoms with Gasteiger partial charge in [-0.2, -0.15) is 4.98 Å². The summed E-state index contributed by atoms with van der Waals surface area (Å²) in [7, 11) is 0. The lowest BCUT2D eigenvalue weighted by atomic mass is 10.3. The predicted molar refractivity (Wildman–Crippen MR) is 61.4 cm³/mol. The minimum absolute atomic E-state index is 0.0642. The summed E-state index contributed by atoms with van der Waals surface area (Å²) in [5.41, 5.74) is 0. The number of aryl methyl sites for hydroxylation is 1. The van der Waals surface area contributed by atoms with Gasteiger partial charge in [0.05, 0.1) is 0 Å². The van der Waals surface area contributed by atoms with Crippen LogP contribution in [0.1, 0.15) is 31.0 Å². The zero-order chi connectivity index (χ0) is 12.1. The fraction of sp³-hybridized carbons (Fsp3) is 0.727. The average Bonchev–Trinajstić information content (AvgIpc) is 3.02. The van der Waals surface area contributed by atoms with Crippen LogP contribution in [-0.2, 0) is 11.2 Å². The van der Waals surface area contributed by atoms with Gasteiger partial charge in [0, 0.05) is 32.0 Å². The first-order chi connectivity index (χ1) is 8.24. The first-order valence-corrected chi connectivity index (χ1v) is 6.03. The largest absolute Gasteiger partial charge is 0.356 e. The maximum atomic E-state index is 11.4. The van der Waals surface area contributed by atoms with Gasteiger partial charge in [0.1, 0.15) is 0 Å². The lowest BCUT2D eigenvalue weighted by molar-refractivity contribution is -0.120. The van der Waals surface area contributed by atoms with Crippen molar-refractivity contribution in [2.75, 3.05) is 13.1 Å². The molecule has 1 saturated carbocycles. The molecule has 0 saturated heterocycles. The van der Waals surface area contributed by atoms with Gasteiger partial charge >= 0.3 is 0 Å². The Morgan fingerprint density at radius 3 is 2.94 bits per heavy atom. The number of nitrogens with one attached hydrogen (secondary N) is 2. The molecule has 1 amide bonds. The maximum absolute atomic E-state index is 11.4. The molecule has 0 aliphatic heterocycles. The Balaban J connectivity index is 1.53. The van der Waals surface area contributed by atoms with Crippen molar-refractivity contribution in [1.82, 2.24) is 20.8 Å².